The molecule has 5 heteroatoms. The van der Waals surface area contributed by atoms with Crippen LogP contribution in [0.1, 0.15) is 29.2 Å². The van der Waals surface area contributed by atoms with Gasteiger partial charge in [0.15, 0.2) is 0 Å². The van der Waals surface area contributed by atoms with Gasteiger partial charge in [0.1, 0.15) is 11.8 Å². The van der Waals surface area contributed by atoms with E-state index in [1.165, 1.54) is 0 Å². The molecular formula is C19H21N3O2. The van der Waals surface area contributed by atoms with Crippen molar-refractivity contribution in [1.29, 1.82) is 5.26 Å². The molecule has 124 valence electrons. The second kappa shape index (κ2) is 7.43. The third-order valence-corrected chi connectivity index (χ3v) is 4.46. The van der Waals surface area contributed by atoms with Gasteiger partial charge in [-0.05, 0) is 37.2 Å². The van der Waals surface area contributed by atoms with Crippen LogP contribution >= 0.6 is 0 Å². The molecule has 0 saturated carbocycles. The van der Waals surface area contributed by atoms with Crippen molar-refractivity contribution in [2.45, 2.75) is 25.1 Å². The van der Waals surface area contributed by atoms with Crippen LogP contribution in [-0.2, 0) is 11.3 Å². The Labute approximate surface area is 142 Å². The molecule has 0 aliphatic carbocycles. The molecule has 2 heterocycles. The van der Waals surface area contributed by atoms with Crippen molar-refractivity contribution < 1.29 is 9.47 Å². The van der Waals surface area contributed by atoms with Crippen LogP contribution in [0.2, 0.25) is 0 Å². The topological polar surface area (TPSA) is 58.4 Å². The van der Waals surface area contributed by atoms with Gasteiger partial charge in [0.05, 0.1) is 18.8 Å². The normalized spacial score (nSPS) is 20.1. The molecule has 0 radical (unpaired) electrons. The summed E-state index contributed by atoms with van der Waals surface area (Å²) in [6.45, 7) is 1.53. The van der Waals surface area contributed by atoms with Crippen LogP contribution in [0.25, 0.3) is 0 Å². The van der Waals surface area contributed by atoms with Gasteiger partial charge in [-0.25, -0.2) is 0 Å². The fourth-order valence-corrected chi connectivity index (χ4v) is 3.22. The average Bonchev–Trinajstić information content (AvgIpc) is 3.12. The number of nitriles is 1. The molecule has 3 rings (SSSR count). The van der Waals surface area contributed by atoms with E-state index in [0.717, 1.165) is 30.7 Å². The van der Waals surface area contributed by atoms with Crippen LogP contribution in [0, 0.1) is 11.3 Å². The maximum Gasteiger partial charge on any atom is 0.136 e. The first-order valence-electron chi connectivity index (χ1n) is 8.01. The lowest BCUT2D eigenvalue weighted by atomic mass is 10.0. The minimum atomic E-state index is 0.0453. The summed E-state index contributed by atoms with van der Waals surface area (Å²) >= 11 is 0. The van der Waals surface area contributed by atoms with Gasteiger partial charge in [0.25, 0.3) is 0 Å². The van der Waals surface area contributed by atoms with Gasteiger partial charge in [-0.15, -0.1) is 0 Å². The molecule has 1 aromatic carbocycles. The number of nitrogens with zero attached hydrogens (tertiary/aromatic N) is 3. The molecule has 0 spiro atoms. The first kappa shape index (κ1) is 16.4. The molecule has 1 aliphatic rings. The SMILES string of the molecule is COc1cc(CN(C)[C@H]2CCO[C@@H]2c2cccnc2)ccc1C#N. The lowest BCUT2D eigenvalue weighted by molar-refractivity contribution is 0.0670. The molecule has 1 aromatic heterocycles. The number of benzene rings is 1. The maximum absolute atomic E-state index is 9.09. The summed E-state index contributed by atoms with van der Waals surface area (Å²) in [7, 11) is 3.69. The van der Waals surface area contributed by atoms with Crippen LogP contribution in [0.4, 0.5) is 0 Å². The van der Waals surface area contributed by atoms with E-state index < -0.39 is 0 Å². The van der Waals surface area contributed by atoms with Gasteiger partial charge < -0.3 is 9.47 Å². The number of hydrogen-bond donors (Lipinski definition) is 0. The zero-order valence-electron chi connectivity index (χ0n) is 14.0. The van der Waals surface area contributed by atoms with E-state index in [1.807, 2.05) is 30.5 Å². The molecule has 0 bridgehead atoms. The smallest absolute Gasteiger partial charge is 0.136 e. The summed E-state index contributed by atoms with van der Waals surface area (Å²) in [6, 6.07) is 12.2. The lowest BCUT2D eigenvalue weighted by Gasteiger charge is -2.28. The largest absolute Gasteiger partial charge is 0.495 e. The van der Waals surface area contributed by atoms with Crippen molar-refractivity contribution in [3.05, 3.63) is 59.4 Å². The third-order valence-electron chi connectivity index (χ3n) is 4.46. The maximum atomic E-state index is 9.09. The van der Waals surface area contributed by atoms with E-state index in [-0.39, 0.29) is 6.10 Å². The Hall–Kier alpha value is -2.42. The summed E-state index contributed by atoms with van der Waals surface area (Å²) in [5.41, 5.74) is 2.79. The van der Waals surface area contributed by atoms with Gasteiger partial charge in [-0.2, -0.15) is 5.26 Å². The molecule has 2 aromatic rings. The Kier molecular flexibility index (Phi) is 5.09. The van der Waals surface area contributed by atoms with Crippen LogP contribution in [0.5, 0.6) is 5.75 Å². The minimum absolute atomic E-state index is 0.0453. The highest BCUT2D eigenvalue weighted by Gasteiger charge is 2.32. The van der Waals surface area contributed by atoms with E-state index in [1.54, 1.807) is 13.3 Å². The van der Waals surface area contributed by atoms with Gasteiger partial charge in [-0.3, -0.25) is 9.88 Å². The van der Waals surface area contributed by atoms with Crippen LogP contribution in [-0.4, -0.2) is 36.7 Å². The first-order chi connectivity index (χ1) is 11.7. The number of methoxy groups -OCH3 is 1. The van der Waals surface area contributed by atoms with Crippen molar-refractivity contribution in [3.63, 3.8) is 0 Å². The van der Waals surface area contributed by atoms with E-state index in [0.29, 0.717) is 17.4 Å². The zero-order valence-corrected chi connectivity index (χ0v) is 14.0. The predicted molar refractivity (Wildman–Crippen MR) is 90.5 cm³/mol. The van der Waals surface area contributed by atoms with Gasteiger partial charge in [0, 0.05) is 37.2 Å². The fourth-order valence-electron chi connectivity index (χ4n) is 3.22. The standard InChI is InChI=1S/C19H21N3O2/c1-22(13-14-5-6-15(11-20)18(10-14)23-2)17-7-9-24-19(17)16-4-3-8-21-12-16/h3-6,8,10,12,17,19H,7,9,13H2,1-2H3/t17-,19+/m0/s1. The number of likely N-dealkylation sites (N-methyl/N-ethyl adjacent to an activating group) is 1. The van der Waals surface area contributed by atoms with E-state index in [4.69, 9.17) is 14.7 Å². The highest BCUT2D eigenvalue weighted by atomic mass is 16.5. The summed E-state index contributed by atoms with van der Waals surface area (Å²) in [5.74, 6) is 0.620. The number of hydrogen-bond acceptors (Lipinski definition) is 5. The highest BCUT2D eigenvalue weighted by Crippen LogP contribution is 2.32. The molecule has 0 amide bonds. The second-order valence-corrected chi connectivity index (χ2v) is 6.00. The number of rotatable bonds is 5. The summed E-state index contributed by atoms with van der Waals surface area (Å²) in [4.78, 5) is 6.50. The van der Waals surface area contributed by atoms with Gasteiger partial charge in [0.2, 0.25) is 0 Å². The third kappa shape index (κ3) is 3.40. The van der Waals surface area contributed by atoms with Crippen molar-refractivity contribution in [3.8, 4) is 11.8 Å². The second-order valence-electron chi connectivity index (χ2n) is 6.00. The number of ether oxygens (including phenoxy) is 2. The van der Waals surface area contributed by atoms with Crippen LogP contribution in [0.3, 0.4) is 0 Å². The molecule has 5 nitrogen and oxygen atoms in total. The molecule has 0 unspecified atom stereocenters. The number of pyridine rings is 1. The predicted octanol–water partition coefficient (Wildman–Crippen LogP) is 2.92. The monoisotopic (exact) mass is 323 g/mol. The Morgan fingerprint density at radius 2 is 2.29 bits per heavy atom. The van der Waals surface area contributed by atoms with E-state index in [9.17, 15) is 0 Å². The molecule has 1 aliphatic heterocycles. The first-order valence-corrected chi connectivity index (χ1v) is 8.01. The van der Waals surface area contributed by atoms with Gasteiger partial charge in [-0.1, -0.05) is 12.1 Å². The Morgan fingerprint density at radius 1 is 1.42 bits per heavy atom. The van der Waals surface area contributed by atoms with Crippen molar-refractivity contribution in [2.24, 2.45) is 0 Å². The lowest BCUT2D eigenvalue weighted by Crippen LogP contribution is -2.33. The van der Waals surface area contributed by atoms with Crippen LogP contribution in [0.15, 0.2) is 42.7 Å². The summed E-state index contributed by atoms with van der Waals surface area (Å²) in [5, 5.41) is 9.09. The Bertz CT molecular complexity index is 727. The molecular weight excluding hydrogens is 302 g/mol. The van der Waals surface area contributed by atoms with E-state index >= 15 is 0 Å². The molecule has 1 saturated heterocycles. The molecule has 24 heavy (non-hydrogen) atoms. The summed E-state index contributed by atoms with van der Waals surface area (Å²) < 4.78 is 11.2. The van der Waals surface area contributed by atoms with Crippen molar-refractivity contribution in [1.82, 2.24) is 9.88 Å². The minimum Gasteiger partial charge on any atom is -0.495 e. The average molecular weight is 323 g/mol. The number of aromatic nitrogens is 1. The summed E-state index contributed by atoms with van der Waals surface area (Å²) in [6.07, 6.45) is 4.69. The molecule has 1 fully saturated rings. The van der Waals surface area contributed by atoms with Crippen molar-refractivity contribution >= 4 is 0 Å². The molecule has 0 N–H and O–H groups in total. The van der Waals surface area contributed by atoms with Gasteiger partial charge >= 0.3 is 0 Å². The van der Waals surface area contributed by atoms with Crippen LogP contribution < -0.4 is 4.74 Å². The zero-order chi connectivity index (χ0) is 16.9. The van der Waals surface area contributed by atoms with E-state index in [2.05, 4.69) is 29.1 Å². The Balaban J connectivity index is 1.75. The Morgan fingerprint density at radius 3 is 3.00 bits per heavy atom. The van der Waals surface area contributed by atoms with Crippen molar-refractivity contribution in [2.75, 3.05) is 20.8 Å². The highest BCUT2D eigenvalue weighted by molar-refractivity contribution is 5.45. The fraction of sp³-hybridized carbons (Fsp3) is 0.368. The quantitative estimate of drug-likeness (QED) is 0.847. The molecule has 2 atom stereocenters.